The van der Waals surface area contributed by atoms with Crippen molar-refractivity contribution < 1.29 is 25.2 Å². The molecule has 0 heterocycles. The number of phenols is 4. The predicted molar refractivity (Wildman–Crippen MR) is 92.1 cm³/mol. The van der Waals surface area contributed by atoms with Crippen molar-refractivity contribution in [1.29, 1.82) is 0 Å². The fourth-order valence-corrected chi connectivity index (χ4v) is 2.32. The second-order valence-corrected chi connectivity index (χ2v) is 5.29. The van der Waals surface area contributed by atoms with Crippen LogP contribution in [0, 0.1) is 0 Å². The maximum absolute atomic E-state index is 12.2. The van der Waals surface area contributed by atoms with Crippen molar-refractivity contribution >= 4 is 22.9 Å². The van der Waals surface area contributed by atoms with Gasteiger partial charge in [0.25, 0.3) is 5.91 Å². The number of carbonyl (C=O) groups is 1. The summed E-state index contributed by atoms with van der Waals surface area (Å²) in [7, 11) is 0. The second kappa shape index (κ2) is 6.40. The van der Waals surface area contributed by atoms with Crippen LogP contribution in [0.15, 0.2) is 53.6 Å². The quantitative estimate of drug-likeness (QED) is 0.285. The zero-order valence-corrected chi connectivity index (χ0v) is 12.8. The van der Waals surface area contributed by atoms with Gasteiger partial charge in [-0.15, -0.1) is 0 Å². The maximum Gasteiger partial charge on any atom is 0.275 e. The van der Waals surface area contributed by atoms with Crippen molar-refractivity contribution in [3.8, 4) is 23.0 Å². The Labute approximate surface area is 142 Å². The van der Waals surface area contributed by atoms with E-state index in [0.717, 1.165) is 17.0 Å². The van der Waals surface area contributed by atoms with Gasteiger partial charge in [-0.05, 0) is 35.0 Å². The summed E-state index contributed by atoms with van der Waals surface area (Å²) >= 11 is 0. The lowest BCUT2D eigenvalue weighted by Crippen LogP contribution is -2.17. The van der Waals surface area contributed by atoms with Crippen LogP contribution >= 0.6 is 0 Å². The van der Waals surface area contributed by atoms with Gasteiger partial charge in [0.1, 0.15) is 5.75 Å². The normalized spacial score (nSPS) is 11.0. The predicted octanol–water partition coefficient (Wildman–Crippen LogP) is 2.43. The van der Waals surface area contributed by atoms with E-state index in [9.17, 15) is 25.2 Å². The first-order valence-electron chi connectivity index (χ1n) is 7.26. The van der Waals surface area contributed by atoms with Gasteiger partial charge in [-0.3, -0.25) is 4.79 Å². The number of nitrogens with one attached hydrogen (secondary N) is 1. The van der Waals surface area contributed by atoms with E-state index >= 15 is 0 Å². The van der Waals surface area contributed by atoms with E-state index in [2.05, 4.69) is 10.5 Å². The van der Waals surface area contributed by atoms with E-state index in [1.165, 1.54) is 18.2 Å². The molecular weight excluding hydrogens is 324 g/mol. The number of aromatic hydroxyl groups is 4. The fraction of sp³-hybridized carbons (Fsp3) is 0. The van der Waals surface area contributed by atoms with E-state index in [1.54, 1.807) is 6.07 Å². The number of benzene rings is 3. The molecule has 0 unspecified atom stereocenters. The zero-order valence-electron chi connectivity index (χ0n) is 12.8. The van der Waals surface area contributed by atoms with Gasteiger partial charge < -0.3 is 20.4 Å². The lowest BCUT2D eigenvalue weighted by molar-refractivity contribution is 0.0952. The van der Waals surface area contributed by atoms with Crippen LogP contribution in [0.5, 0.6) is 23.0 Å². The average Bonchev–Trinajstić information content (AvgIpc) is 2.61. The molecule has 126 valence electrons. The summed E-state index contributed by atoms with van der Waals surface area (Å²) in [4.78, 5) is 12.2. The van der Waals surface area contributed by atoms with Crippen molar-refractivity contribution in [2.75, 3.05) is 0 Å². The molecule has 3 aromatic rings. The molecule has 0 bridgehead atoms. The van der Waals surface area contributed by atoms with Crippen LogP contribution in [0.4, 0.5) is 0 Å². The fourth-order valence-electron chi connectivity index (χ4n) is 2.32. The number of fused-ring (bicyclic) bond motifs is 1. The van der Waals surface area contributed by atoms with Crippen LogP contribution in [0.1, 0.15) is 15.9 Å². The Morgan fingerprint density at radius 2 is 1.56 bits per heavy atom. The Hall–Kier alpha value is -3.74. The number of hydrogen-bond donors (Lipinski definition) is 5. The highest BCUT2D eigenvalue weighted by molar-refractivity contribution is 6.01. The summed E-state index contributed by atoms with van der Waals surface area (Å²) < 4.78 is 0. The first-order valence-corrected chi connectivity index (χ1v) is 7.26. The number of phenolic OH excluding ortho intramolecular Hbond substituents is 4. The number of nitrogens with zero attached hydrogens (tertiary/aromatic N) is 1. The molecule has 0 radical (unpaired) electrons. The molecule has 3 rings (SSSR count). The van der Waals surface area contributed by atoms with Crippen LogP contribution in [0.25, 0.3) is 10.8 Å². The van der Waals surface area contributed by atoms with Crippen molar-refractivity contribution in [3.63, 3.8) is 0 Å². The van der Waals surface area contributed by atoms with Gasteiger partial charge in [-0.2, -0.15) is 5.10 Å². The first-order chi connectivity index (χ1) is 12.0. The largest absolute Gasteiger partial charge is 0.507 e. The Morgan fingerprint density at radius 1 is 0.880 bits per heavy atom. The molecule has 25 heavy (non-hydrogen) atoms. The molecule has 0 aliphatic heterocycles. The molecule has 0 atom stereocenters. The van der Waals surface area contributed by atoms with Crippen molar-refractivity contribution in [1.82, 2.24) is 5.43 Å². The molecule has 0 saturated heterocycles. The Morgan fingerprint density at radius 3 is 2.28 bits per heavy atom. The molecule has 0 aromatic heterocycles. The average molecular weight is 338 g/mol. The van der Waals surface area contributed by atoms with Gasteiger partial charge in [0.2, 0.25) is 5.75 Å². The number of carbonyl (C=O) groups excluding carboxylic acids is 1. The topological polar surface area (TPSA) is 122 Å². The van der Waals surface area contributed by atoms with Gasteiger partial charge in [0, 0.05) is 5.56 Å². The second-order valence-electron chi connectivity index (χ2n) is 5.29. The Kier molecular flexibility index (Phi) is 4.13. The highest BCUT2D eigenvalue weighted by atomic mass is 16.3. The molecule has 7 nitrogen and oxygen atoms in total. The number of rotatable bonds is 3. The van der Waals surface area contributed by atoms with E-state index in [0.29, 0.717) is 0 Å². The van der Waals surface area contributed by atoms with E-state index in [1.807, 2.05) is 24.3 Å². The summed E-state index contributed by atoms with van der Waals surface area (Å²) in [5, 5.41) is 43.6. The van der Waals surface area contributed by atoms with Gasteiger partial charge >= 0.3 is 0 Å². The molecule has 1 amide bonds. The molecule has 0 aliphatic rings. The monoisotopic (exact) mass is 338 g/mol. The molecule has 7 heteroatoms. The standard InChI is InChI=1S/C18H14N2O5/c21-14-6-5-12(16(23)17(14)24)9-19-20-18(25)13-7-10-3-1-2-4-11(10)8-15(13)22/h1-9,21-24H,(H,20,25)/b19-9+. The van der Waals surface area contributed by atoms with Crippen molar-refractivity contribution in [2.24, 2.45) is 5.10 Å². The molecule has 0 fully saturated rings. The summed E-state index contributed by atoms with van der Waals surface area (Å²) in [5.41, 5.74) is 2.37. The van der Waals surface area contributed by atoms with Crippen molar-refractivity contribution in [3.05, 3.63) is 59.7 Å². The lowest BCUT2D eigenvalue weighted by Gasteiger charge is -2.06. The van der Waals surface area contributed by atoms with Crippen LogP contribution in [-0.2, 0) is 0 Å². The molecule has 5 N–H and O–H groups in total. The van der Waals surface area contributed by atoms with Gasteiger partial charge in [0.05, 0.1) is 11.8 Å². The lowest BCUT2D eigenvalue weighted by atomic mass is 10.1. The highest BCUT2D eigenvalue weighted by Gasteiger charge is 2.12. The number of hydrogen-bond acceptors (Lipinski definition) is 6. The van der Waals surface area contributed by atoms with E-state index in [-0.39, 0.29) is 16.9 Å². The summed E-state index contributed by atoms with van der Waals surface area (Å²) in [6.07, 6.45) is 1.10. The Balaban J connectivity index is 1.81. The van der Waals surface area contributed by atoms with Crippen LogP contribution in [-0.4, -0.2) is 32.5 Å². The zero-order chi connectivity index (χ0) is 18.0. The van der Waals surface area contributed by atoms with Crippen molar-refractivity contribution in [2.45, 2.75) is 0 Å². The Bertz CT molecular complexity index is 998. The van der Waals surface area contributed by atoms with Crippen LogP contribution in [0.3, 0.4) is 0 Å². The third-order valence-corrected chi connectivity index (χ3v) is 3.64. The van der Waals surface area contributed by atoms with Crippen LogP contribution < -0.4 is 5.43 Å². The van der Waals surface area contributed by atoms with E-state index in [4.69, 9.17) is 0 Å². The minimum Gasteiger partial charge on any atom is -0.507 e. The molecule has 0 spiro atoms. The molecule has 0 saturated carbocycles. The maximum atomic E-state index is 12.2. The third-order valence-electron chi connectivity index (χ3n) is 3.64. The SMILES string of the molecule is O=C(N/N=C/c1ccc(O)c(O)c1O)c1cc2ccccc2cc1O. The highest BCUT2D eigenvalue weighted by Crippen LogP contribution is 2.36. The van der Waals surface area contributed by atoms with E-state index < -0.39 is 23.2 Å². The summed E-state index contributed by atoms with van der Waals surface area (Å²) in [6.45, 7) is 0. The van der Waals surface area contributed by atoms with Gasteiger partial charge in [-0.1, -0.05) is 24.3 Å². The smallest absolute Gasteiger partial charge is 0.275 e. The summed E-state index contributed by atoms with van der Waals surface area (Å²) in [6, 6.07) is 12.8. The number of amides is 1. The molecule has 0 aliphatic carbocycles. The van der Waals surface area contributed by atoms with Crippen LogP contribution in [0.2, 0.25) is 0 Å². The third kappa shape index (κ3) is 3.16. The minimum absolute atomic E-state index is 0.0497. The molecule has 3 aromatic carbocycles. The first kappa shape index (κ1) is 16.1. The van der Waals surface area contributed by atoms with Gasteiger partial charge in [0.15, 0.2) is 11.5 Å². The number of hydrazone groups is 1. The van der Waals surface area contributed by atoms with Gasteiger partial charge in [-0.25, -0.2) is 5.43 Å². The molecular formula is C18H14N2O5. The summed E-state index contributed by atoms with van der Waals surface area (Å²) in [5.74, 6) is -2.53. The minimum atomic E-state index is -0.678.